The summed E-state index contributed by atoms with van der Waals surface area (Å²) in [5, 5.41) is 37.3. The van der Waals surface area contributed by atoms with E-state index in [4.69, 9.17) is 9.47 Å². The largest absolute Gasteiger partial charge is 0.478 e. The monoisotopic (exact) mass is 580 g/mol. The van der Waals surface area contributed by atoms with E-state index >= 15 is 0 Å². The lowest BCUT2D eigenvalue weighted by molar-refractivity contribution is 0.0650. The second-order valence-corrected chi connectivity index (χ2v) is 10.8. The van der Waals surface area contributed by atoms with Crippen molar-refractivity contribution in [3.05, 3.63) is 113 Å². The summed E-state index contributed by atoms with van der Waals surface area (Å²) in [4.78, 5) is 43.7. The van der Waals surface area contributed by atoms with Gasteiger partial charge in [-0.15, -0.1) is 0 Å². The van der Waals surface area contributed by atoms with Crippen LogP contribution in [0.25, 0.3) is 0 Å². The van der Waals surface area contributed by atoms with Gasteiger partial charge in [0.05, 0.1) is 27.1 Å². The van der Waals surface area contributed by atoms with Crippen LogP contribution < -0.4 is 9.47 Å². The van der Waals surface area contributed by atoms with Crippen molar-refractivity contribution in [3.63, 3.8) is 0 Å². The minimum absolute atomic E-state index is 0.0296. The Morgan fingerprint density at radius 1 is 0.683 bits per heavy atom. The van der Waals surface area contributed by atoms with Gasteiger partial charge in [0, 0.05) is 6.42 Å². The molecule has 0 amide bonds. The van der Waals surface area contributed by atoms with E-state index in [2.05, 4.69) is 0 Å². The first kappa shape index (κ1) is 28.6. The van der Waals surface area contributed by atoms with Gasteiger partial charge in [-0.25, -0.2) is 27.6 Å². The third-order valence-electron chi connectivity index (χ3n) is 6.03. The zero-order chi connectivity index (χ0) is 29.9. The molecule has 1 atom stereocenters. The van der Waals surface area contributed by atoms with Crippen LogP contribution in [0.5, 0.6) is 11.5 Å². The van der Waals surface area contributed by atoms with Crippen molar-refractivity contribution in [1.29, 1.82) is 0 Å². The maximum Gasteiger partial charge on any atom is 0.336 e. The Labute approximate surface area is 231 Å². The number of benzene rings is 3. The standard InChI is InChI=1S/C28H20O12S/c29-24(30)20-8-6-17(14-22(20)26(33)34)39-16-10-12-28(13-11-16,41(37,38)19-4-2-1-3-5-19)40-18-7-9-21(25(31)32)23(15-18)27(35)36/h1-12,14-15H,13H2,(H,29,30)(H,31,32)(H,33,34)(H,35,36). The van der Waals surface area contributed by atoms with Crippen molar-refractivity contribution in [2.45, 2.75) is 16.2 Å². The van der Waals surface area contributed by atoms with E-state index in [9.17, 15) is 48.0 Å². The molecule has 1 unspecified atom stereocenters. The first-order valence-electron chi connectivity index (χ1n) is 11.6. The van der Waals surface area contributed by atoms with Gasteiger partial charge in [-0.1, -0.05) is 18.2 Å². The van der Waals surface area contributed by atoms with Gasteiger partial charge in [0.15, 0.2) is 0 Å². The summed E-state index contributed by atoms with van der Waals surface area (Å²) in [5.41, 5.74) is -2.09. The summed E-state index contributed by atoms with van der Waals surface area (Å²) in [6.45, 7) is 0. The summed E-state index contributed by atoms with van der Waals surface area (Å²) in [7, 11) is -4.33. The number of allylic oxidation sites excluding steroid dienone is 1. The molecule has 0 fully saturated rings. The maximum absolute atomic E-state index is 13.8. The molecule has 0 spiro atoms. The first-order chi connectivity index (χ1) is 19.3. The van der Waals surface area contributed by atoms with Gasteiger partial charge in [-0.3, -0.25) is 0 Å². The van der Waals surface area contributed by atoms with Crippen LogP contribution in [0, 0.1) is 0 Å². The van der Waals surface area contributed by atoms with Gasteiger partial charge in [-0.05, 0) is 66.8 Å². The number of carbonyl (C=O) groups is 4. The lowest BCUT2D eigenvalue weighted by atomic mass is 10.1. The highest BCUT2D eigenvalue weighted by atomic mass is 32.2. The van der Waals surface area contributed by atoms with E-state index in [-0.39, 0.29) is 28.6 Å². The second kappa shape index (κ2) is 11.0. The van der Waals surface area contributed by atoms with Crippen LogP contribution in [0.15, 0.2) is 95.6 Å². The summed E-state index contributed by atoms with van der Waals surface area (Å²) in [6, 6.07) is 13.6. The molecule has 0 saturated carbocycles. The zero-order valence-electron chi connectivity index (χ0n) is 20.8. The average Bonchev–Trinajstić information content (AvgIpc) is 2.94. The molecule has 0 bridgehead atoms. The van der Waals surface area contributed by atoms with Gasteiger partial charge in [-0.2, -0.15) is 0 Å². The molecular weight excluding hydrogens is 560 g/mol. The fourth-order valence-corrected chi connectivity index (χ4v) is 5.70. The van der Waals surface area contributed by atoms with Crippen molar-refractivity contribution in [2.75, 3.05) is 0 Å². The normalized spacial score (nSPS) is 16.3. The third-order valence-corrected chi connectivity index (χ3v) is 8.22. The lowest BCUT2D eigenvalue weighted by Crippen LogP contribution is -2.43. The number of carboxylic acid groups (broad SMARTS) is 4. The molecule has 0 radical (unpaired) electrons. The predicted octanol–water partition coefficient (Wildman–Crippen LogP) is 3.95. The molecule has 1 aliphatic rings. The molecule has 3 aromatic rings. The molecule has 0 heterocycles. The first-order valence-corrected chi connectivity index (χ1v) is 13.1. The van der Waals surface area contributed by atoms with E-state index in [0.717, 1.165) is 30.3 Å². The molecule has 210 valence electrons. The van der Waals surface area contributed by atoms with Crippen molar-refractivity contribution >= 4 is 33.7 Å². The van der Waals surface area contributed by atoms with Gasteiger partial charge >= 0.3 is 23.9 Å². The molecule has 12 nitrogen and oxygen atoms in total. The van der Waals surface area contributed by atoms with E-state index in [1.165, 1.54) is 48.6 Å². The number of sulfone groups is 1. The molecule has 0 aliphatic heterocycles. The number of ether oxygens (including phenoxy) is 2. The highest BCUT2D eigenvalue weighted by molar-refractivity contribution is 7.92. The lowest BCUT2D eigenvalue weighted by Gasteiger charge is -2.32. The highest BCUT2D eigenvalue weighted by Crippen LogP contribution is 2.38. The van der Waals surface area contributed by atoms with E-state index < -0.39 is 60.9 Å². The average molecular weight is 581 g/mol. The minimum Gasteiger partial charge on any atom is -0.478 e. The van der Waals surface area contributed by atoms with Gasteiger partial charge in [0.25, 0.3) is 0 Å². The molecule has 4 rings (SSSR count). The van der Waals surface area contributed by atoms with Crippen molar-refractivity contribution in [3.8, 4) is 11.5 Å². The highest BCUT2D eigenvalue weighted by Gasteiger charge is 2.46. The van der Waals surface area contributed by atoms with E-state index in [0.29, 0.717) is 0 Å². The molecule has 13 heteroatoms. The van der Waals surface area contributed by atoms with Crippen LogP contribution in [-0.4, -0.2) is 57.7 Å². The Bertz CT molecular complexity index is 1740. The van der Waals surface area contributed by atoms with Gasteiger partial charge in [0.1, 0.15) is 17.3 Å². The fraction of sp³-hybridized carbons (Fsp3) is 0.0714. The van der Waals surface area contributed by atoms with Crippen molar-refractivity contribution < 1.29 is 57.5 Å². The van der Waals surface area contributed by atoms with E-state index in [1.54, 1.807) is 6.07 Å². The number of carboxylic acids is 4. The SMILES string of the molecule is O=C(O)c1ccc(OC2=CCC(Oc3ccc(C(=O)O)c(C(=O)O)c3)(S(=O)(=O)c3ccccc3)C=C2)cc1C(=O)O. The van der Waals surface area contributed by atoms with Crippen LogP contribution in [0.2, 0.25) is 0 Å². The molecule has 0 aromatic heterocycles. The van der Waals surface area contributed by atoms with Crippen LogP contribution in [-0.2, 0) is 9.84 Å². The number of aromatic carboxylic acids is 4. The number of rotatable bonds is 10. The van der Waals surface area contributed by atoms with Crippen molar-refractivity contribution in [1.82, 2.24) is 0 Å². The van der Waals surface area contributed by atoms with Crippen LogP contribution >= 0.6 is 0 Å². The quantitative estimate of drug-likeness (QED) is 0.269. The van der Waals surface area contributed by atoms with Crippen molar-refractivity contribution in [2.24, 2.45) is 0 Å². The predicted molar refractivity (Wildman–Crippen MR) is 140 cm³/mol. The van der Waals surface area contributed by atoms with Crippen LogP contribution in [0.3, 0.4) is 0 Å². The Balaban J connectivity index is 1.73. The Kier molecular flexibility index (Phi) is 7.65. The molecule has 3 aromatic carbocycles. The fourth-order valence-electron chi connectivity index (χ4n) is 4.03. The van der Waals surface area contributed by atoms with Gasteiger partial charge < -0.3 is 29.9 Å². The second-order valence-electron chi connectivity index (χ2n) is 8.61. The smallest absolute Gasteiger partial charge is 0.336 e. The number of hydrogen-bond donors (Lipinski definition) is 4. The molecule has 0 saturated heterocycles. The number of hydrogen-bond acceptors (Lipinski definition) is 8. The Morgan fingerprint density at radius 3 is 1.68 bits per heavy atom. The maximum atomic E-state index is 13.8. The van der Waals surface area contributed by atoms with E-state index in [1.807, 2.05) is 0 Å². The summed E-state index contributed by atoms with van der Waals surface area (Å²) in [6.07, 6.45) is 3.40. The van der Waals surface area contributed by atoms with Crippen LogP contribution in [0.4, 0.5) is 0 Å². The molecule has 4 N–H and O–H groups in total. The summed E-state index contributed by atoms with van der Waals surface area (Å²) < 4.78 is 39.2. The third kappa shape index (κ3) is 5.65. The summed E-state index contributed by atoms with van der Waals surface area (Å²) in [5.74, 6) is -6.16. The molecule has 41 heavy (non-hydrogen) atoms. The summed E-state index contributed by atoms with van der Waals surface area (Å²) >= 11 is 0. The Morgan fingerprint density at radius 2 is 1.20 bits per heavy atom. The minimum atomic E-state index is -4.33. The molecule has 1 aliphatic carbocycles. The topological polar surface area (TPSA) is 202 Å². The van der Waals surface area contributed by atoms with Crippen LogP contribution in [0.1, 0.15) is 47.9 Å². The van der Waals surface area contributed by atoms with Gasteiger partial charge in [0.2, 0.25) is 14.8 Å². The Hall–Kier alpha value is -5.43. The zero-order valence-corrected chi connectivity index (χ0v) is 21.6. The molecular formula is C28H20O12S.